The van der Waals surface area contributed by atoms with E-state index in [1.54, 1.807) is 24.3 Å². The predicted molar refractivity (Wildman–Crippen MR) is 80.7 cm³/mol. The van der Waals surface area contributed by atoms with Gasteiger partial charge in [0, 0.05) is 20.5 Å². The second kappa shape index (κ2) is 5.71. The third kappa shape index (κ3) is 2.98. The van der Waals surface area contributed by atoms with Crippen LogP contribution in [0.15, 0.2) is 46.3 Å². The summed E-state index contributed by atoms with van der Waals surface area (Å²) >= 11 is 5.74. The van der Waals surface area contributed by atoms with Crippen molar-refractivity contribution < 1.29 is 13.9 Å². The molecule has 8 heteroatoms. The standard InChI is InChI=1S/C13H11ClN2O4S/c1-20-9-3-5-10(6-4-9)21(2,19)12-8-7-11(16(17)18)13(14)15-12/h3-8H,2H2,1H3. The molecule has 0 aliphatic heterocycles. The van der Waals surface area contributed by atoms with Gasteiger partial charge >= 0.3 is 5.69 Å². The number of rotatable bonds is 4. The summed E-state index contributed by atoms with van der Waals surface area (Å²) in [6.07, 6.45) is 0. The molecular weight excluding hydrogens is 316 g/mol. The maximum Gasteiger partial charge on any atom is 0.306 e. The van der Waals surface area contributed by atoms with Crippen LogP contribution in [0.25, 0.3) is 0 Å². The molecule has 0 saturated heterocycles. The molecule has 0 aliphatic carbocycles. The largest absolute Gasteiger partial charge is 0.497 e. The van der Waals surface area contributed by atoms with Gasteiger partial charge in [0.25, 0.3) is 0 Å². The van der Waals surface area contributed by atoms with Crippen molar-refractivity contribution in [2.24, 2.45) is 0 Å². The van der Waals surface area contributed by atoms with Gasteiger partial charge in [0.05, 0.1) is 12.0 Å². The van der Waals surface area contributed by atoms with Gasteiger partial charge in [-0.25, -0.2) is 4.98 Å². The molecule has 1 aromatic carbocycles. The van der Waals surface area contributed by atoms with E-state index in [0.29, 0.717) is 10.6 Å². The van der Waals surface area contributed by atoms with E-state index in [0.717, 1.165) is 0 Å². The predicted octanol–water partition coefficient (Wildman–Crippen LogP) is 2.79. The zero-order valence-electron chi connectivity index (χ0n) is 11.0. The van der Waals surface area contributed by atoms with Crippen LogP contribution in [0.5, 0.6) is 5.75 Å². The van der Waals surface area contributed by atoms with Gasteiger partial charge in [0.15, 0.2) is 0 Å². The molecule has 0 aliphatic rings. The van der Waals surface area contributed by atoms with E-state index >= 15 is 0 Å². The molecular formula is C13H11ClN2O4S. The average Bonchev–Trinajstić information content (AvgIpc) is 2.46. The summed E-state index contributed by atoms with van der Waals surface area (Å²) in [5.74, 6) is 4.29. The third-order valence-electron chi connectivity index (χ3n) is 2.78. The van der Waals surface area contributed by atoms with Gasteiger partial charge in [-0.1, -0.05) is 11.6 Å². The van der Waals surface area contributed by atoms with Crippen LogP contribution < -0.4 is 4.74 Å². The number of nitrogens with zero attached hydrogens (tertiary/aromatic N) is 2. The average molecular weight is 327 g/mol. The van der Waals surface area contributed by atoms with E-state index in [-0.39, 0.29) is 15.9 Å². The first-order valence-electron chi connectivity index (χ1n) is 5.68. The Morgan fingerprint density at radius 3 is 2.38 bits per heavy atom. The lowest BCUT2D eigenvalue weighted by molar-refractivity contribution is -0.385. The Kier molecular flexibility index (Phi) is 4.15. The molecule has 0 spiro atoms. The first kappa shape index (κ1) is 15.3. The van der Waals surface area contributed by atoms with E-state index < -0.39 is 14.4 Å². The molecule has 1 heterocycles. The van der Waals surface area contributed by atoms with Crippen molar-refractivity contribution in [2.75, 3.05) is 7.11 Å². The maximum atomic E-state index is 12.8. The molecule has 1 aromatic heterocycles. The fourth-order valence-corrected chi connectivity index (χ4v) is 3.26. The van der Waals surface area contributed by atoms with E-state index in [1.165, 1.54) is 19.2 Å². The molecule has 0 bridgehead atoms. The van der Waals surface area contributed by atoms with Crippen LogP contribution in [0, 0.1) is 10.1 Å². The lowest BCUT2D eigenvalue weighted by Crippen LogP contribution is -2.05. The highest BCUT2D eigenvalue weighted by Crippen LogP contribution is 2.27. The Bertz CT molecular complexity index is 788. The molecule has 1 unspecified atom stereocenters. The number of halogens is 1. The molecule has 0 amide bonds. The molecule has 2 rings (SSSR count). The summed E-state index contributed by atoms with van der Waals surface area (Å²) in [5.41, 5.74) is -0.342. The number of methoxy groups -OCH3 is 1. The number of hydrogen-bond acceptors (Lipinski definition) is 5. The minimum Gasteiger partial charge on any atom is -0.497 e. The van der Waals surface area contributed by atoms with Crippen molar-refractivity contribution in [2.45, 2.75) is 9.92 Å². The van der Waals surface area contributed by atoms with E-state index in [1.807, 2.05) is 0 Å². The van der Waals surface area contributed by atoms with Gasteiger partial charge in [0.2, 0.25) is 5.15 Å². The summed E-state index contributed by atoms with van der Waals surface area (Å²) in [6, 6.07) is 8.96. The Hall–Kier alpha value is -2.12. The number of pyridine rings is 1. The smallest absolute Gasteiger partial charge is 0.306 e. The van der Waals surface area contributed by atoms with E-state index in [4.69, 9.17) is 16.3 Å². The van der Waals surface area contributed by atoms with Crippen LogP contribution in [0.4, 0.5) is 5.69 Å². The van der Waals surface area contributed by atoms with Crippen LogP contribution >= 0.6 is 11.6 Å². The monoisotopic (exact) mass is 326 g/mol. The van der Waals surface area contributed by atoms with Gasteiger partial charge in [-0.2, -0.15) is 0 Å². The topological polar surface area (TPSA) is 82.3 Å². The Labute approximate surface area is 126 Å². The van der Waals surface area contributed by atoms with Crippen LogP contribution in [0.3, 0.4) is 0 Å². The zero-order valence-corrected chi connectivity index (χ0v) is 12.6. The highest BCUT2D eigenvalue weighted by molar-refractivity contribution is 8.00. The summed E-state index contributed by atoms with van der Waals surface area (Å²) in [5, 5.41) is 10.5. The van der Waals surface area contributed by atoms with Crippen LogP contribution in [-0.2, 0) is 9.52 Å². The molecule has 0 fully saturated rings. The molecule has 0 N–H and O–H groups in total. The van der Waals surface area contributed by atoms with Crippen LogP contribution in [-0.4, -0.2) is 27.1 Å². The number of nitro groups is 1. The van der Waals surface area contributed by atoms with Crippen molar-refractivity contribution >= 4 is 32.7 Å². The van der Waals surface area contributed by atoms with Crippen molar-refractivity contribution in [3.05, 3.63) is 51.7 Å². The van der Waals surface area contributed by atoms with Crippen LogP contribution in [0.2, 0.25) is 5.15 Å². The first-order chi connectivity index (χ1) is 9.86. The lowest BCUT2D eigenvalue weighted by Gasteiger charge is -2.10. The summed E-state index contributed by atoms with van der Waals surface area (Å²) in [7, 11) is -1.38. The molecule has 1 atom stereocenters. The fourth-order valence-electron chi connectivity index (χ4n) is 1.65. The second-order valence-corrected chi connectivity index (χ2v) is 6.67. The molecule has 6 nitrogen and oxygen atoms in total. The molecule has 110 valence electrons. The first-order valence-corrected chi connectivity index (χ1v) is 7.79. The Morgan fingerprint density at radius 1 is 1.29 bits per heavy atom. The molecule has 0 radical (unpaired) electrons. The van der Waals surface area contributed by atoms with Crippen molar-refractivity contribution in [1.82, 2.24) is 4.98 Å². The van der Waals surface area contributed by atoms with Gasteiger partial charge < -0.3 is 4.74 Å². The highest BCUT2D eigenvalue weighted by atomic mass is 35.5. The fraction of sp³-hybridized carbons (Fsp3) is 0.0769. The van der Waals surface area contributed by atoms with Gasteiger partial charge in [0.1, 0.15) is 10.8 Å². The number of ether oxygens (including phenoxy) is 1. The van der Waals surface area contributed by atoms with Crippen LogP contribution in [0.1, 0.15) is 0 Å². The van der Waals surface area contributed by atoms with Gasteiger partial charge in [-0.15, -0.1) is 0 Å². The van der Waals surface area contributed by atoms with E-state index in [9.17, 15) is 14.3 Å². The highest BCUT2D eigenvalue weighted by Gasteiger charge is 2.19. The number of hydrogen-bond donors (Lipinski definition) is 0. The Morgan fingerprint density at radius 2 is 1.90 bits per heavy atom. The second-order valence-electron chi connectivity index (χ2n) is 4.07. The third-order valence-corrected chi connectivity index (χ3v) is 4.99. The Balaban J connectivity index is 2.48. The minimum absolute atomic E-state index is 0.0864. The zero-order chi connectivity index (χ0) is 15.6. The van der Waals surface area contributed by atoms with Gasteiger partial charge in [-0.05, 0) is 36.2 Å². The van der Waals surface area contributed by atoms with Crippen molar-refractivity contribution in [1.29, 1.82) is 0 Å². The summed E-state index contributed by atoms with van der Waals surface area (Å²) in [4.78, 5) is 14.3. The molecule has 0 saturated carbocycles. The van der Waals surface area contributed by atoms with Gasteiger partial charge in [-0.3, -0.25) is 14.3 Å². The number of aromatic nitrogens is 1. The normalized spacial score (nSPS) is 13.4. The summed E-state index contributed by atoms with van der Waals surface area (Å²) < 4.78 is 17.8. The van der Waals surface area contributed by atoms with Crippen molar-refractivity contribution in [3.8, 4) is 5.75 Å². The summed E-state index contributed by atoms with van der Waals surface area (Å²) in [6.45, 7) is 0. The number of benzene rings is 1. The molecule has 21 heavy (non-hydrogen) atoms. The van der Waals surface area contributed by atoms with Crippen molar-refractivity contribution in [3.63, 3.8) is 0 Å². The SMILES string of the molecule is C=S(=O)(c1ccc(OC)cc1)c1ccc([N+](=O)[O-])c(Cl)n1. The maximum absolute atomic E-state index is 12.8. The van der Waals surface area contributed by atoms with E-state index in [2.05, 4.69) is 10.9 Å². The quantitative estimate of drug-likeness (QED) is 0.373. The lowest BCUT2D eigenvalue weighted by atomic mass is 10.3. The minimum atomic E-state index is -2.90. The molecule has 2 aromatic rings.